The highest BCUT2D eigenvalue weighted by atomic mass is 15.3. The molecule has 1 aromatic rings. The Morgan fingerprint density at radius 2 is 1.79 bits per heavy atom. The van der Waals surface area contributed by atoms with Crippen molar-refractivity contribution in [2.45, 2.75) is 33.2 Å². The van der Waals surface area contributed by atoms with Gasteiger partial charge in [0.2, 0.25) is 5.95 Å². The topological polar surface area (TPSA) is 55.0 Å². The first-order valence-corrected chi connectivity index (χ1v) is 4.80. The predicted molar refractivity (Wildman–Crippen MR) is 59.2 cm³/mol. The zero-order chi connectivity index (χ0) is 10.8. The van der Waals surface area contributed by atoms with Crippen molar-refractivity contribution in [1.29, 1.82) is 0 Å². The fraction of sp³-hybridized carbons (Fsp3) is 0.600. The van der Waals surface area contributed by atoms with Gasteiger partial charge in [0.05, 0.1) is 18.1 Å². The van der Waals surface area contributed by atoms with Gasteiger partial charge in [-0.15, -0.1) is 0 Å². The average Bonchev–Trinajstić information content (AvgIpc) is 2.07. The lowest BCUT2D eigenvalue weighted by Crippen LogP contribution is -2.42. The highest BCUT2D eigenvalue weighted by molar-refractivity contribution is 5.39. The van der Waals surface area contributed by atoms with Crippen molar-refractivity contribution < 1.29 is 0 Å². The summed E-state index contributed by atoms with van der Waals surface area (Å²) in [7, 11) is 0. The SMILES string of the molecule is CCN(c1ncc(N)cn1)C(C)(C)C. The Morgan fingerprint density at radius 3 is 2.14 bits per heavy atom. The van der Waals surface area contributed by atoms with Gasteiger partial charge in [-0.25, -0.2) is 9.97 Å². The maximum absolute atomic E-state index is 5.53. The van der Waals surface area contributed by atoms with Crippen LogP contribution in [0.25, 0.3) is 0 Å². The van der Waals surface area contributed by atoms with E-state index in [0.717, 1.165) is 12.5 Å². The highest BCUT2D eigenvalue weighted by Gasteiger charge is 2.21. The van der Waals surface area contributed by atoms with Crippen LogP contribution in [0.2, 0.25) is 0 Å². The number of aromatic nitrogens is 2. The molecule has 4 heteroatoms. The summed E-state index contributed by atoms with van der Waals surface area (Å²) in [5.74, 6) is 0.731. The Morgan fingerprint density at radius 1 is 1.29 bits per heavy atom. The third-order valence-corrected chi connectivity index (χ3v) is 2.03. The van der Waals surface area contributed by atoms with Crippen LogP contribution in [0.3, 0.4) is 0 Å². The number of nitrogens with zero attached hydrogens (tertiary/aromatic N) is 3. The molecule has 0 aliphatic heterocycles. The van der Waals surface area contributed by atoms with Gasteiger partial charge in [-0.1, -0.05) is 0 Å². The van der Waals surface area contributed by atoms with E-state index in [1.165, 1.54) is 0 Å². The summed E-state index contributed by atoms with van der Waals surface area (Å²) >= 11 is 0. The standard InChI is InChI=1S/C10H18N4/c1-5-14(10(2,3)4)9-12-6-8(11)7-13-9/h6-7H,5,11H2,1-4H3. The van der Waals surface area contributed by atoms with Crippen molar-refractivity contribution in [2.24, 2.45) is 0 Å². The summed E-state index contributed by atoms with van der Waals surface area (Å²) in [6.07, 6.45) is 3.27. The van der Waals surface area contributed by atoms with E-state index >= 15 is 0 Å². The largest absolute Gasteiger partial charge is 0.396 e. The van der Waals surface area contributed by atoms with Crippen LogP contribution < -0.4 is 10.6 Å². The monoisotopic (exact) mass is 194 g/mol. The van der Waals surface area contributed by atoms with E-state index in [-0.39, 0.29) is 5.54 Å². The van der Waals surface area contributed by atoms with Gasteiger partial charge in [0.25, 0.3) is 0 Å². The first-order valence-electron chi connectivity index (χ1n) is 4.80. The van der Waals surface area contributed by atoms with Gasteiger partial charge < -0.3 is 10.6 Å². The molecule has 0 fully saturated rings. The molecular formula is C10H18N4. The molecule has 0 unspecified atom stereocenters. The van der Waals surface area contributed by atoms with Crippen LogP contribution in [0, 0.1) is 0 Å². The number of nitrogen functional groups attached to an aromatic ring is 1. The second-order valence-electron chi connectivity index (χ2n) is 4.23. The molecule has 1 heterocycles. The van der Waals surface area contributed by atoms with Gasteiger partial charge in [0.1, 0.15) is 0 Å². The Hall–Kier alpha value is -1.32. The molecule has 0 saturated carbocycles. The van der Waals surface area contributed by atoms with Gasteiger partial charge in [0, 0.05) is 12.1 Å². The van der Waals surface area contributed by atoms with Crippen molar-refractivity contribution in [3.63, 3.8) is 0 Å². The van der Waals surface area contributed by atoms with Gasteiger partial charge in [-0.2, -0.15) is 0 Å². The van der Waals surface area contributed by atoms with Crippen molar-refractivity contribution in [2.75, 3.05) is 17.2 Å². The fourth-order valence-electron chi connectivity index (χ4n) is 1.39. The van der Waals surface area contributed by atoms with Gasteiger partial charge in [0.15, 0.2) is 0 Å². The Labute approximate surface area is 85.2 Å². The predicted octanol–water partition coefficient (Wildman–Crippen LogP) is 1.68. The summed E-state index contributed by atoms with van der Waals surface area (Å²) in [6, 6.07) is 0. The summed E-state index contributed by atoms with van der Waals surface area (Å²) in [6.45, 7) is 9.38. The third-order valence-electron chi connectivity index (χ3n) is 2.03. The molecule has 0 atom stereocenters. The van der Waals surface area contributed by atoms with E-state index in [1.54, 1.807) is 12.4 Å². The lowest BCUT2D eigenvalue weighted by atomic mass is 10.1. The molecule has 1 aromatic heterocycles. The van der Waals surface area contributed by atoms with Crippen molar-refractivity contribution in [3.8, 4) is 0 Å². The molecule has 78 valence electrons. The summed E-state index contributed by atoms with van der Waals surface area (Å²) in [5.41, 5.74) is 6.16. The van der Waals surface area contributed by atoms with E-state index in [4.69, 9.17) is 5.73 Å². The van der Waals surface area contributed by atoms with E-state index in [9.17, 15) is 0 Å². The Balaban J connectivity index is 2.96. The molecule has 0 saturated heterocycles. The van der Waals surface area contributed by atoms with Crippen LogP contribution in [-0.4, -0.2) is 22.1 Å². The van der Waals surface area contributed by atoms with E-state index in [1.807, 2.05) is 0 Å². The molecule has 0 amide bonds. The third kappa shape index (κ3) is 2.34. The van der Waals surface area contributed by atoms with Crippen LogP contribution in [0.5, 0.6) is 0 Å². The van der Waals surface area contributed by atoms with Crippen LogP contribution in [0.1, 0.15) is 27.7 Å². The number of rotatable bonds is 2. The Kier molecular flexibility index (Phi) is 2.93. The van der Waals surface area contributed by atoms with Crippen molar-refractivity contribution in [1.82, 2.24) is 9.97 Å². The quantitative estimate of drug-likeness (QED) is 0.778. The molecule has 0 spiro atoms. The number of hydrogen-bond donors (Lipinski definition) is 1. The molecular weight excluding hydrogens is 176 g/mol. The van der Waals surface area contributed by atoms with Crippen LogP contribution in [-0.2, 0) is 0 Å². The van der Waals surface area contributed by atoms with Crippen molar-refractivity contribution in [3.05, 3.63) is 12.4 Å². The molecule has 0 aliphatic carbocycles. The molecule has 0 aromatic carbocycles. The summed E-state index contributed by atoms with van der Waals surface area (Å²) in [4.78, 5) is 10.5. The molecule has 0 radical (unpaired) electrons. The minimum Gasteiger partial charge on any atom is -0.396 e. The van der Waals surface area contributed by atoms with E-state index in [0.29, 0.717) is 5.69 Å². The minimum absolute atomic E-state index is 0.0326. The maximum Gasteiger partial charge on any atom is 0.225 e. The van der Waals surface area contributed by atoms with Gasteiger partial charge in [-0.3, -0.25) is 0 Å². The van der Waals surface area contributed by atoms with Gasteiger partial charge >= 0.3 is 0 Å². The van der Waals surface area contributed by atoms with Crippen LogP contribution >= 0.6 is 0 Å². The number of nitrogens with two attached hydrogens (primary N) is 1. The maximum atomic E-state index is 5.53. The molecule has 0 aliphatic rings. The van der Waals surface area contributed by atoms with Crippen LogP contribution in [0.15, 0.2) is 12.4 Å². The molecule has 14 heavy (non-hydrogen) atoms. The normalized spacial score (nSPS) is 11.4. The first kappa shape index (κ1) is 10.8. The Bertz CT molecular complexity index is 286. The summed E-state index contributed by atoms with van der Waals surface area (Å²) in [5, 5.41) is 0. The van der Waals surface area contributed by atoms with E-state index in [2.05, 4.69) is 42.6 Å². The zero-order valence-electron chi connectivity index (χ0n) is 9.28. The number of anilines is 2. The summed E-state index contributed by atoms with van der Waals surface area (Å²) < 4.78 is 0. The van der Waals surface area contributed by atoms with Crippen molar-refractivity contribution >= 4 is 11.6 Å². The lowest BCUT2D eigenvalue weighted by molar-refractivity contribution is 0.503. The lowest BCUT2D eigenvalue weighted by Gasteiger charge is -2.34. The smallest absolute Gasteiger partial charge is 0.225 e. The number of hydrogen-bond acceptors (Lipinski definition) is 4. The minimum atomic E-state index is 0.0326. The molecule has 0 bridgehead atoms. The van der Waals surface area contributed by atoms with Crippen LogP contribution in [0.4, 0.5) is 11.6 Å². The second kappa shape index (κ2) is 3.82. The molecule has 2 N–H and O–H groups in total. The van der Waals surface area contributed by atoms with E-state index < -0.39 is 0 Å². The first-order chi connectivity index (χ1) is 6.45. The molecule has 1 rings (SSSR count). The zero-order valence-corrected chi connectivity index (χ0v) is 9.28. The highest BCUT2D eigenvalue weighted by Crippen LogP contribution is 2.19. The fourth-order valence-corrected chi connectivity index (χ4v) is 1.39. The molecule has 4 nitrogen and oxygen atoms in total. The second-order valence-corrected chi connectivity index (χ2v) is 4.23. The van der Waals surface area contributed by atoms with Gasteiger partial charge in [-0.05, 0) is 27.7 Å². The average molecular weight is 194 g/mol.